The Bertz CT molecular complexity index is 940. The lowest BCUT2D eigenvalue weighted by atomic mass is 10.0. The first kappa shape index (κ1) is 24.7. The van der Waals surface area contributed by atoms with Gasteiger partial charge in [0.1, 0.15) is 35.4 Å². The van der Waals surface area contributed by atoms with E-state index >= 15 is 0 Å². The Morgan fingerprint density at radius 2 is 1.91 bits per heavy atom. The number of hydrogen-bond donors (Lipinski definition) is 1. The first-order valence-electron chi connectivity index (χ1n) is 10.5. The zero-order chi connectivity index (χ0) is 24.2. The molecule has 1 fully saturated rings. The second kappa shape index (κ2) is 10.3. The first-order valence-corrected chi connectivity index (χ1v) is 10.5. The van der Waals surface area contributed by atoms with Gasteiger partial charge in [0.2, 0.25) is 5.91 Å². The third-order valence-corrected chi connectivity index (χ3v) is 5.03. The van der Waals surface area contributed by atoms with E-state index in [1.165, 1.54) is 32.4 Å². The molecule has 2 heterocycles. The number of ether oxygens (including phenoxy) is 6. The van der Waals surface area contributed by atoms with Gasteiger partial charge in [-0.2, -0.15) is 0 Å². The second-order valence-corrected chi connectivity index (χ2v) is 8.20. The molecule has 10 heteroatoms. The van der Waals surface area contributed by atoms with Crippen LogP contribution in [0.25, 0.3) is 0 Å². The summed E-state index contributed by atoms with van der Waals surface area (Å²) in [6.45, 7) is 4.91. The van der Waals surface area contributed by atoms with Crippen molar-refractivity contribution in [1.82, 2.24) is 0 Å². The molecule has 1 N–H and O–H groups in total. The number of fused-ring (bicyclic) bond motifs is 2. The molecule has 0 aliphatic carbocycles. The predicted octanol–water partition coefficient (Wildman–Crippen LogP) is 2.60. The largest absolute Gasteiger partial charge is 0.497 e. The minimum atomic E-state index is -1.03. The number of benzene rings is 1. The molecule has 0 spiro atoms. The summed E-state index contributed by atoms with van der Waals surface area (Å²) in [5, 5.41) is 2.70. The molecule has 2 aliphatic heterocycles. The fourth-order valence-corrected chi connectivity index (χ4v) is 3.62. The minimum absolute atomic E-state index is 0.0191. The number of carbonyl (C=O) groups excluding carboxylic acids is 3. The van der Waals surface area contributed by atoms with E-state index in [1.54, 1.807) is 26.8 Å². The van der Waals surface area contributed by atoms with Crippen LogP contribution >= 0.6 is 0 Å². The summed E-state index contributed by atoms with van der Waals surface area (Å²) in [6.07, 6.45) is 0.793. The van der Waals surface area contributed by atoms with Gasteiger partial charge in [0.15, 0.2) is 18.4 Å². The van der Waals surface area contributed by atoms with Crippen molar-refractivity contribution in [1.29, 1.82) is 0 Å². The average Bonchev–Trinajstić information content (AvgIpc) is 3.04. The van der Waals surface area contributed by atoms with E-state index in [9.17, 15) is 14.4 Å². The number of ketones is 1. The number of rotatable bonds is 4. The molecular formula is C23H29NO9. The molecule has 1 saturated heterocycles. The zero-order valence-electron chi connectivity index (χ0n) is 19.3. The van der Waals surface area contributed by atoms with Crippen molar-refractivity contribution in [2.45, 2.75) is 57.7 Å². The van der Waals surface area contributed by atoms with Crippen molar-refractivity contribution in [3.8, 4) is 11.5 Å². The molecule has 0 aromatic heterocycles. The van der Waals surface area contributed by atoms with Gasteiger partial charge >= 0.3 is 5.97 Å². The zero-order valence-corrected chi connectivity index (χ0v) is 19.3. The van der Waals surface area contributed by atoms with Gasteiger partial charge in [0.05, 0.1) is 19.2 Å². The maximum atomic E-state index is 13.0. The van der Waals surface area contributed by atoms with Crippen LogP contribution in [-0.4, -0.2) is 62.8 Å². The highest BCUT2D eigenvalue weighted by Gasteiger charge is 2.45. The van der Waals surface area contributed by atoms with Crippen molar-refractivity contribution in [2.24, 2.45) is 0 Å². The van der Waals surface area contributed by atoms with Crippen LogP contribution in [0.1, 0.15) is 44.0 Å². The fourth-order valence-electron chi connectivity index (χ4n) is 3.62. The quantitative estimate of drug-likeness (QED) is 0.531. The number of amides is 1. The average molecular weight is 463 g/mol. The van der Waals surface area contributed by atoms with Crippen LogP contribution in [0.4, 0.5) is 5.69 Å². The summed E-state index contributed by atoms with van der Waals surface area (Å²) >= 11 is 0. The summed E-state index contributed by atoms with van der Waals surface area (Å²) in [4.78, 5) is 38.7. The van der Waals surface area contributed by atoms with E-state index < -0.39 is 36.0 Å². The lowest BCUT2D eigenvalue weighted by Crippen LogP contribution is -2.34. The summed E-state index contributed by atoms with van der Waals surface area (Å²) in [6, 6.07) is 2.99. The normalized spacial score (nSPS) is 26.3. The monoisotopic (exact) mass is 463 g/mol. The van der Waals surface area contributed by atoms with E-state index in [2.05, 4.69) is 5.32 Å². The number of carbonyl (C=O) groups is 3. The van der Waals surface area contributed by atoms with E-state index in [-0.39, 0.29) is 36.0 Å². The van der Waals surface area contributed by atoms with Gasteiger partial charge in [-0.1, -0.05) is 6.08 Å². The van der Waals surface area contributed by atoms with Crippen LogP contribution in [0, 0.1) is 0 Å². The Hall–Kier alpha value is -2.95. The standard InChI is InChI=1S/C23H29NO9/c1-13-7-6-8-16(25)21-18(32-23(2,3)33-21)11-19(26)24-15-9-14(29-5)10-17(30-12-28-4)20(15)22(27)31-13/h6,8-10,13,18,21H,7,11-12H2,1-5H3,(H,24,26)/b8-6+/t13-,18-,21+/m0/s1. The molecule has 1 amide bonds. The predicted molar refractivity (Wildman–Crippen MR) is 116 cm³/mol. The molecule has 1 aromatic rings. The van der Waals surface area contributed by atoms with Crippen LogP contribution in [-0.2, 0) is 28.5 Å². The van der Waals surface area contributed by atoms with Gasteiger partial charge in [0.25, 0.3) is 0 Å². The molecule has 10 nitrogen and oxygen atoms in total. The Morgan fingerprint density at radius 1 is 1.15 bits per heavy atom. The summed E-state index contributed by atoms with van der Waals surface area (Å²) < 4.78 is 32.9. The van der Waals surface area contributed by atoms with Gasteiger partial charge < -0.3 is 33.7 Å². The molecule has 3 atom stereocenters. The Balaban J connectivity index is 2.03. The maximum Gasteiger partial charge on any atom is 0.344 e. The van der Waals surface area contributed by atoms with Crippen LogP contribution in [0.15, 0.2) is 24.3 Å². The van der Waals surface area contributed by atoms with Gasteiger partial charge in [0, 0.05) is 25.7 Å². The molecule has 1 aromatic carbocycles. The molecule has 180 valence electrons. The SMILES string of the molecule is COCOc1cc(OC)cc2c1C(=O)O[C@@H](C)C/C=C/C(=O)[C@H]1OC(C)(C)O[C@H]1CC(=O)N2. The van der Waals surface area contributed by atoms with Crippen LogP contribution in [0.3, 0.4) is 0 Å². The Labute approximate surface area is 192 Å². The van der Waals surface area contributed by atoms with E-state index in [4.69, 9.17) is 28.4 Å². The second-order valence-electron chi connectivity index (χ2n) is 8.20. The number of hydrogen-bond acceptors (Lipinski definition) is 9. The highest BCUT2D eigenvalue weighted by atomic mass is 16.8. The minimum Gasteiger partial charge on any atom is -0.497 e. The highest BCUT2D eigenvalue weighted by molar-refractivity contribution is 6.04. The molecule has 0 saturated carbocycles. The van der Waals surface area contributed by atoms with E-state index in [0.29, 0.717) is 12.2 Å². The summed E-state index contributed by atoms with van der Waals surface area (Å²) in [5.74, 6) is -2.08. The molecule has 3 rings (SSSR count). The number of cyclic esters (lactones) is 1. The molecular weight excluding hydrogens is 434 g/mol. The van der Waals surface area contributed by atoms with Crippen molar-refractivity contribution >= 4 is 23.3 Å². The Kier molecular flexibility index (Phi) is 7.72. The summed E-state index contributed by atoms with van der Waals surface area (Å²) in [7, 11) is 2.89. The third kappa shape index (κ3) is 6.10. The molecule has 0 unspecified atom stereocenters. The number of methoxy groups -OCH3 is 2. The third-order valence-electron chi connectivity index (χ3n) is 5.03. The van der Waals surface area contributed by atoms with Crippen LogP contribution < -0.4 is 14.8 Å². The molecule has 0 radical (unpaired) electrons. The van der Waals surface area contributed by atoms with Crippen LogP contribution in [0.5, 0.6) is 11.5 Å². The van der Waals surface area contributed by atoms with Crippen molar-refractivity contribution < 1.29 is 42.8 Å². The number of esters is 1. The number of anilines is 1. The van der Waals surface area contributed by atoms with Gasteiger partial charge in [-0.15, -0.1) is 0 Å². The van der Waals surface area contributed by atoms with Crippen LogP contribution in [0.2, 0.25) is 0 Å². The molecule has 2 aliphatic rings. The Morgan fingerprint density at radius 3 is 2.61 bits per heavy atom. The maximum absolute atomic E-state index is 13.0. The fraction of sp³-hybridized carbons (Fsp3) is 0.522. The molecule has 0 bridgehead atoms. The van der Waals surface area contributed by atoms with E-state index in [1.807, 2.05) is 0 Å². The topological polar surface area (TPSA) is 119 Å². The van der Waals surface area contributed by atoms with Crippen molar-refractivity contribution in [3.05, 3.63) is 29.8 Å². The number of nitrogens with one attached hydrogen (secondary N) is 1. The summed E-state index contributed by atoms with van der Waals surface area (Å²) in [5.41, 5.74) is 0.155. The highest BCUT2D eigenvalue weighted by Crippen LogP contribution is 2.35. The lowest BCUT2D eigenvalue weighted by Gasteiger charge is -2.20. The first-order chi connectivity index (χ1) is 15.6. The molecule has 33 heavy (non-hydrogen) atoms. The van der Waals surface area contributed by atoms with Gasteiger partial charge in [-0.3, -0.25) is 9.59 Å². The van der Waals surface area contributed by atoms with Crippen molar-refractivity contribution in [2.75, 3.05) is 26.3 Å². The van der Waals surface area contributed by atoms with E-state index in [0.717, 1.165) is 0 Å². The van der Waals surface area contributed by atoms with Gasteiger partial charge in [-0.05, 0) is 26.8 Å². The van der Waals surface area contributed by atoms with Crippen molar-refractivity contribution in [3.63, 3.8) is 0 Å². The lowest BCUT2D eigenvalue weighted by molar-refractivity contribution is -0.153. The van der Waals surface area contributed by atoms with Gasteiger partial charge in [-0.25, -0.2) is 4.79 Å². The smallest absolute Gasteiger partial charge is 0.344 e.